The van der Waals surface area contributed by atoms with Gasteiger partial charge in [0, 0.05) is 0 Å². The molecule has 0 aliphatic carbocycles. The van der Waals surface area contributed by atoms with Crippen LogP contribution in [0.25, 0.3) is 0 Å². The van der Waals surface area contributed by atoms with Gasteiger partial charge in [-0.15, -0.1) is 0 Å². The molecule has 1 rings (SSSR count). The van der Waals surface area contributed by atoms with Crippen LogP contribution in [-0.2, 0) is 11.2 Å². The maximum Gasteiger partial charge on any atom is 0.226 e. The van der Waals surface area contributed by atoms with Crippen molar-refractivity contribution < 1.29 is 9.90 Å². The van der Waals surface area contributed by atoms with E-state index in [0.29, 0.717) is 6.42 Å². The van der Waals surface area contributed by atoms with E-state index in [1.165, 1.54) is 6.92 Å². The predicted molar refractivity (Wildman–Crippen MR) is 50.0 cm³/mol. The summed E-state index contributed by atoms with van der Waals surface area (Å²) in [4.78, 5) is 11.2. The Morgan fingerprint density at radius 3 is 2.62 bits per heavy atom. The maximum atomic E-state index is 11.2. The van der Waals surface area contributed by atoms with Crippen molar-refractivity contribution in [3.63, 3.8) is 0 Å². The lowest BCUT2D eigenvalue weighted by atomic mass is 10.1. The summed E-state index contributed by atoms with van der Waals surface area (Å²) in [6.07, 6.45) is -0.470. The molecule has 3 heteroatoms. The van der Waals surface area contributed by atoms with Crippen LogP contribution in [-0.4, -0.2) is 17.2 Å². The number of rotatable bonds is 3. The summed E-state index contributed by atoms with van der Waals surface area (Å²) in [5.74, 6) is -0.166. The quantitative estimate of drug-likeness (QED) is 0.670. The average Bonchev–Trinajstić information content (AvgIpc) is 2.04. The first-order valence-corrected chi connectivity index (χ1v) is 4.20. The van der Waals surface area contributed by atoms with Crippen LogP contribution in [0.3, 0.4) is 0 Å². The van der Waals surface area contributed by atoms with E-state index in [1.807, 2.05) is 30.3 Å². The molecule has 0 spiro atoms. The number of aliphatic hydroxyl groups is 1. The minimum Gasteiger partial charge on any atom is -0.374 e. The molecule has 70 valence electrons. The molecular formula is C10H13NO2. The fourth-order valence-corrected chi connectivity index (χ4v) is 1.07. The normalized spacial score (nSPS) is 12.2. The van der Waals surface area contributed by atoms with Gasteiger partial charge in [0.1, 0.15) is 6.23 Å². The van der Waals surface area contributed by atoms with E-state index >= 15 is 0 Å². The maximum absolute atomic E-state index is 11.2. The van der Waals surface area contributed by atoms with Crippen molar-refractivity contribution in [2.75, 3.05) is 0 Å². The topological polar surface area (TPSA) is 49.3 Å². The Bertz CT molecular complexity index is 270. The van der Waals surface area contributed by atoms with Crippen molar-refractivity contribution >= 4 is 5.91 Å². The molecule has 0 aliphatic rings. The molecule has 0 aromatic heterocycles. The molecule has 0 radical (unpaired) electrons. The number of carbonyl (C=O) groups is 1. The van der Waals surface area contributed by atoms with E-state index in [9.17, 15) is 4.79 Å². The van der Waals surface area contributed by atoms with Crippen molar-refractivity contribution in [1.82, 2.24) is 5.32 Å². The van der Waals surface area contributed by atoms with Crippen molar-refractivity contribution in [3.8, 4) is 0 Å². The summed E-state index contributed by atoms with van der Waals surface area (Å²) < 4.78 is 0. The van der Waals surface area contributed by atoms with Crippen molar-refractivity contribution in [2.24, 2.45) is 0 Å². The highest BCUT2D eigenvalue weighted by Crippen LogP contribution is 1.98. The Balaban J connectivity index is 2.46. The van der Waals surface area contributed by atoms with Gasteiger partial charge in [0.2, 0.25) is 5.91 Å². The van der Waals surface area contributed by atoms with Gasteiger partial charge in [-0.05, 0) is 12.5 Å². The number of hydrogen-bond donors (Lipinski definition) is 2. The van der Waals surface area contributed by atoms with Gasteiger partial charge >= 0.3 is 0 Å². The highest BCUT2D eigenvalue weighted by atomic mass is 16.3. The first-order valence-electron chi connectivity index (χ1n) is 4.20. The number of hydrogen-bond acceptors (Lipinski definition) is 2. The molecule has 3 nitrogen and oxygen atoms in total. The van der Waals surface area contributed by atoms with Gasteiger partial charge in [-0.25, -0.2) is 0 Å². The molecule has 1 amide bonds. The van der Waals surface area contributed by atoms with Gasteiger partial charge in [-0.1, -0.05) is 30.3 Å². The summed E-state index contributed by atoms with van der Waals surface area (Å²) >= 11 is 0. The van der Waals surface area contributed by atoms with Crippen molar-refractivity contribution in [3.05, 3.63) is 35.9 Å². The minimum absolute atomic E-state index is 0.166. The lowest BCUT2D eigenvalue weighted by Gasteiger charge is -2.06. The molecule has 2 N–H and O–H groups in total. The molecule has 1 atom stereocenters. The SMILES string of the molecule is C[C@@H](O)NC(=O)Cc1ccccc1. The molecule has 13 heavy (non-hydrogen) atoms. The Morgan fingerprint density at radius 2 is 2.08 bits per heavy atom. The second-order valence-corrected chi connectivity index (χ2v) is 2.91. The van der Waals surface area contributed by atoms with Crippen LogP contribution in [0.4, 0.5) is 0 Å². The number of amides is 1. The molecular weight excluding hydrogens is 166 g/mol. The first kappa shape index (κ1) is 9.74. The lowest BCUT2D eigenvalue weighted by Crippen LogP contribution is -2.33. The zero-order valence-electron chi connectivity index (χ0n) is 7.53. The monoisotopic (exact) mass is 179 g/mol. The van der Waals surface area contributed by atoms with Crippen molar-refractivity contribution in [1.29, 1.82) is 0 Å². The molecule has 1 aromatic rings. The van der Waals surface area contributed by atoms with Gasteiger partial charge in [0.15, 0.2) is 0 Å². The largest absolute Gasteiger partial charge is 0.374 e. The van der Waals surface area contributed by atoms with E-state index in [0.717, 1.165) is 5.56 Å². The standard InChI is InChI=1S/C10H13NO2/c1-8(12)11-10(13)7-9-5-3-2-4-6-9/h2-6,8,12H,7H2,1H3,(H,11,13)/t8-/m1/s1. The Kier molecular flexibility index (Phi) is 3.46. The van der Waals surface area contributed by atoms with Crippen LogP contribution in [0, 0.1) is 0 Å². The number of benzene rings is 1. The Labute approximate surface area is 77.4 Å². The first-order chi connectivity index (χ1) is 6.18. The summed E-state index contributed by atoms with van der Waals surface area (Å²) in [5, 5.41) is 11.3. The van der Waals surface area contributed by atoms with Gasteiger partial charge in [-0.3, -0.25) is 4.79 Å². The van der Waals surface area contributed by atoms with Gasteiger partial charge in [0.05, 0.1) is 6.42 Å². The predicted octanol–water partition coefficient (Wildman–Crippen LogP) is 0.684. The third kappa shape index (κ3) is 3.71. The van der Waals surface area contributed by atoms with E-state index < -0.39 is 6.23 Å². The second-order valence-electron chi connectivity index (χ2n) is 2.91. The van der Waals surface area contributed by atoms with Crippen LogP contribution >= 0.6 is 0 Å². The molecule has 0 heterocycles. The fraction of sp³-hybridized carbons (Fsp3) is 0.300. The molecule has 1 aromatic carbocycles. The summed E-state index contributed by atoms with van der Waals surface area (Å²) in [5.41, 5.74) is 0.945. The van der Waals surface area contributed by atoms with E-state index in [-0.39, 0.29) is 5.91 Å². The molecule has 0 fully saturated rings. The zero-order chi connectivity index (χ0) is 9.68. The zero-order valence-corrected chi connectivity index (χ0v) is 7.53. The average molecular weight is 179 g/mol. The van der Waals surface area contributed by atoms with Crippen molar-refractivity contribution in [2.45, 2.75) is 19.6 Å². The minimum atomic E-state index is -0.781. The smallest absolute Gasteiger partial charge is 0.226 e. The Hall–Kier alpha value is -1.35. The van der Waals surface area contributed by atoms with E-state index in [1.54, 1.807) is 0 Å². The van der Waals surface area contributed by atoms with E-state index in [2.05, 4.69) is 5.32 Å². The van der Waals surface area contributed by atoms with Crippen LogP contribution < -0.4 is 5.32 Å². The second kappa shape index (κ2) is 4.62. The Morgan fingerprint density at radius 1 is 1.46 bits per heavy atom. The van der Waals surface area contributed by atoms with Gasteiger partial charge < -0.3 is 10.4 Å². The molecule has 0 bridgehead atoms. The van der Waals surface area contributed by atoms with Gasteiger partial charge in [0.25, 0.3) is 0 Å². The van der Waals surface area contributed by atoms with Crippen LogP contribution in [0.1, 0.15) is 12.5 Å². The molecule has 0 unspecified atom stereocenters. The summed E-state index contributed by atoms with van der Waals surface area (Å²) in [6.45, 7) is 1.52. The molecule has 0 saturated heterocycles. The third-order valence-corrected chi connectivity index (χ3v) is 1.58. The number of nitrogens with one attached hydrogen (secondary N) is 1. The highest BCUT2D eigenvalue weighted by molar-refractivity contribution is 5.78. The number of carbonyl (C=O) groups excluding carboxylic acids is 1. The van der Waals surface area contributed by atoms with Crippen LogP contribution in [0.5, 0.6) is 0 Å². The number of aliphatic hydroxyl groups excluding tert-OH is 1. The fourth-order valence-electron chi connectivity index (χ4n) is 1.07. The molecule has 0 aliphatic heterocycles. The van der Waals surface area contributed by atoms with Gasteiger partial charge in [-0.2, -0.15) is 0 Å². The van der Waals surface area contributed by atoms with Crippen LogP contribution in [0.2, 0.25) is 0 Å². The highest BCUT2D eigenvalue weighted by Gasteiger charge is 2.04. The van der Waals surface area contributed by atoms with Crippen LogP contribution in [0.15, 0.2) is 30.3 Å². The summed E-state index contributed by atoms with van der Waals surface area (Å²) in [7, 11) is 0. The third-order valence-electron chi connectivity index (χ3n) is 1.58. The lowest BCUT2D eigenvalue weighted by molar-refractivity contribution is -0.123. The van der Waals surface area contributed by atoms with E-state index in [4.69, 9.17) is 5.11 Å². The summed E-state index contributed by atoms with van der Waals surface area (Å²) in [6, 6.07) is 9.41. The molecule has 0 saturated carbocycles.